The van der Waals surface area contributed by atoms with Gasteiger partial charge in [-0.3, -0.25) is 4.79 Å². The monoisotopic (exact) mass is 364 g/mol. The third-order valence-electron chi connectivity index (χ3n) is 4.11. The summed E-state index contributed by atoms with van der Waals surface area (Å²) in [4.78, 5) is 12.1. The van der Waals surface area contributed by atoms with Crippen LogP contribution >= 0.6 is 35.6 Å². The number of hydrogen-bond acceptors (Lipinski definition) is 2. The van der Waals surface area contributed by atoms with Gasteiger partial charge >= 0.3 is 0 Å². The van der Waals surface area contributed by atoms with Crippen molar-refractivity contribution in [2.75, 3.05) is 0 Å². The number of amides is 1. The molecule has 3 atom stereocenters. The van der Waals surface area contributed by atoms with Crippen LogP contribution in [0.15, 0.2) is 18.2 Å². The Hall–Kier alpha value is -0.480. The normalized spacial score (nSPS) is 22.0. The van der Waals surface area contributed by atoms with Gasteiger partial charge in [-0.05, 0) is 49.8 Å². The summed E-state index contributed by atoms with van der Waals surface area (Å²) < 4.78 is 0. The molecule has 6 heteroatoms. The highest BCUT2D eigenvalue weighted by atomic mass is 35.5. The summed E-state index contributed by atoms with van der Waals surface area (Å²) in [7, 11) is 0. The van der Waals surface area contributed by atoms with Gasteiger partial charge in [0.2, 0.25) is 5.91 Å². The molecule has 1 aromatic carbocycles. The van der Waals surface area contributed by atoms with E-state index < -0.39 is 0 Å². The summed E-state index contributed by atoms with van der Waals surface area (Å²) in [6.45, 7) is 1.98. The van der Waals surface area contributed by atoms with Gasteiger partial charge in [-0.1, -0.05) is 35.7 Å². The van der Waals surface area contributed by atoms with Gasteiger partial charge in [-0.15, -0.1) is 12.4 Å². The topological polar surface area (TPSA) is 55.1 Å². The lowest BCUT2D eigenvalue weighted by atomic mass is 9.99. The fourth-order valence-corrected chi connectivity index (χ4v) is 3.44. The summed E-state index contributed by atoms with van der Waals surface area (Å²) in [6, 6.07) is 5.66. The van der Waals surface area contributed by atoms with Gasteiger partial charge in [-0.2, -0.15) is 0 Å². The molecule has 1 unspecified atom stereocenters. The van der Waals surface area contributed by atoms with Crippen molar-refractivity contribution in [2.24, 2.45) is 11.7 Å². The van der Waals surface area contributed by atoms with Crippen molar-refractivity contribution in [2.45, 2.75) is 51.1 Å². The van der Waals surface area contributed by atoms with Gasteiger partial charge in [0.15, 0.2) is 0 Å². The molecule has 124 valence electrons. The molecule has 1 aliphatic carbocycles. The number of nitrogens with one attached hydrogen (secondary N) is 1. The first-order chi connectivity index (χ1) is 9.95. The quantitative estimate of drug-likeness (QED) is 0.829. The molecule has 0 radical (unpaired) electrons. The van der Waals surface area contributed by atoms with Crippen LogP contribution in [0.2, 0.25) is 10.0 Å². The van der Waals surface area contributed by atoms with Crippen molar-refractivity contribution < 1.29 is 4.79 Å². The van der Waals surface area contributed by atoms with Crippen molar-refractivity contribution in [1.29, 1.82) is 0 Å². The molecule has 1 amide bonds. The molecule has 1 fully saturated rings. The number of carbonyl (C=O) groups is 1. The minimum Gasteiger partial charge on any atom is -0.353 e. The molecule has 1 aromatic rings. The van der Waals surface area contributed by atoms with Gasteiger partial charge in [0.1, 0.15) is 0 Å². The fourth-order valence-electron chi connectivity index (χ4n) is 2.96. The minimum atomic E-state index is 0. The van der Waals surface area contributed by atoms with Crippen molar-refractivity contribution in [3.05, 3.63) is 33.8 Å². The van der Waals surface area contributed by atoms with E-state index >= 15 is 0 Å². The summed E-state index contributed by atoms with van der Waals surface area (Å²) in [6.07, 6.45) is 4.45. The van der Waals surface area contributed by atoms with Gasteiger partial charge < -0.3 is 11.1 Å². The molecule has 2 rings (SSSR count). The van der Waals surface area contributed by atoms with Crippen molar-refractivity contribution in [1.82, 2.24) is 5.32 Å². The Balaban J connectivity index is 0.00000242. The minimum absolute atomic E-state index is 0. The van der Waals surface area contributed by atoms with E-state index in [1.165, 1.54) is 0 Å². The zero-order valence-electron chi connectivity index (χ0n) is 12.6. The second-order valence-electron chi connectivity index (χ2n) is 5.97. The molecule has 3 N–H and O–H groups in total. The Morgan fingerprint density at radius 1 is 1.41 bits per heavy atom. The smallest absolute Gasteiger partial charge is 0.220 e. The van der Waals surface area contributed by atoms with Crippen molar-refractivity contribution in [3.63, 3.8) is 0 Å². The van der Waals surface area contributed by atoms with Crippen LogP contribution in [0.3, 0.4) is 0 Å². The van der Waals surface area contributed by atoms with E-state index in [-0.39, 0.29) is 30.4 Å². The van der Waals surface area contributed by atoms with E-state index in [4.69, 9.17) is 28.9 Å². The zero-order chi connectivity index (χ0) is 15.4. The predicted molar refractivity (Wildman–Crippen MR) is 95.0 cm³/mol. The van der Waals surface area contributed by atoms with E-state index in [0.29, 0.717) is 28.8 Å². The van der Waals surface area contributed by atoms with Crippen LogP contribution in [0.5, 0.6) is 0 Å². The molecule has 0 aliphatic heterocycles. The van der Waals surface area contributed by atoms with Gasteiger partial charge in [0, 0.05) is 28.5 Å². The largest absolute Gasteiger partial charge is 0.353 e. The maximum atomic E-state index is 12.1. The Morgan fingerprint density at radius 2 is 2.14 bits per heavy atom. The number of nitrogens with two attached hydrogens (primary N) is 1. The zero-order valence-corrected chi connectivity index (χ0v) is 15.0. The third kappa shape index (κ3) is 5.62. The third-order valence-corrected chi connectivity index (χ3v) is 4.70. The summed E-state index contributed by atoms with van der Waals surface area (Å²) in [5, 5.41) is 4.29. The highest BCUT2D eigenvalue weighted by molar-refractivity contribution is 6.35. The number of benzene rings is 1. The molecule has 3 nitrogen and oxygen atoms in total. The second kappa shape index (κ2) is 8.97. The van der Waals surface area contributed by atoms with Crippen LogP contribution in [-0.4, -0.2) is 18.0 Å². The Morgan fingerprint density at radius 3 is 2.73 bits per heavy atom. The van der Waals surface area contributed by atoms with E-state index in [0.717, 1.165) is 24.8 Å². The molecule has 0 saturated heterocycles. The van der Waals surface area contributed by atoms with E-state index in [1.807, 2.05) is 19.1 Å². The molecule has 0 heterocycles. The SMILES string of the molecule is CC(Cc1ccc(Cl)cc1Cl)NC(=O)C[C@@H]1CCC[C@H]1N.Cl. The molecule has 0 bridgehead atoms. The Labute approximate surface area is 148 Å². The second-order valence-corrected chi connectivity index (χ2v) is 6.81. The average molecular weight is 366 g/mol. The standard InChI is InChI=1S/C16H22Cl2N2O.ClH/c1-10(7-11-5-6-13(17)9-14(11)18)20-16(21)8-12-3-2-4-15(12)19;/h5-6,9-10,12,15H,2-4,7-8,19H2,1H3,(H,20,21);1H/t10?,12-,15+;/m0./s1. The van der Waals surface area contributed by atoms with Gasteiger partial charge in [-0.25, -0.2) is 0 Å². The first kappa shape index (κ1) is 19.6. The maximum absolute atomic E-state index is 12.1. The summed E-state index contributed by atoms with van der Waals surface area (Å²) in [5.74, 6) is 0.409. The van der Waals surface area contributed by atoms with Crippen LogP contribution in [-0.2, 0) is 11.2 Å². The van der Waals surface area contributed by atoms with Crippen molar-refractivity contribution >= 4 is 41.5 Å². The number of rotatable bonds is 5. The van der Waals surface area contributed by atoms with E-state index in [1.54, 1.807) is 6.07 Å². The number of carbonyl (C=O) groups excluding carboxylic acids is 1. The maximum Gasteiger partial charge on any atom is 0.220 e. The lowest BCUT2D eigenvalue weighted by Gasteiger charge is -2.18. The van der Waals surface area contributed by atoms with E-state index in [2.05, 4.69) is 5.32 Å². The van der Waals surface area contributed by atoms with Crippen LogP contribution in [0.25, 0.3) is 0 Å². The van der Waals surface area contributed by atoms with Crippen LogP contribution in [0.4, 0.5) is 0 Å². The first-order valence-corrected chi connectivity index (χ1v) is 8.20. The molecule has 1 saturated carbocycles. The highest BCUT2D eigenvalue weighted by Gasteiger charge is 2.26. The number of hydrogen-bond donors (Lipinski definition) is 2. The molecule has 22 heavy (non-hydrogen) atoms. The lowest BCUT2D eigenvalue weighted by Crippen LogP contribution is -2.37. The molecule has 1 aliphatic rings. The first-order valence-electron chi connectivity index (χ1n) is 7.44. The molecule has 0 aromatic heterocycles. The Bertz CT molecular complexity index is 510. The van der Waals surface area contributed by atoms with Crippen LogP contribution < -0.4 is 11.1 Å². The van der Waals surface area contributed by atoms with Gasteiger partial charge in [0.25, 0.3) is 0 Å². The average Bonchev–Trinajstić information content (AvgIpc) is 2.78. The van der Waals surface area contributed by atoms with Crippen LogP contribution in [0, 0.1) is 5.92 Å². The fraction of sp³-hybridized carbons (Fsp3) is 0.562. The Kier molecular flexibility index (Phi) is 7.98. The summed E-state index contributed by atoms with van der Waals surface area (Å²) >= 11 is 12.0. The van der Waals surface area contributed by atoms with Gasteiger partial charge in [0.05, 0.1) is 0 Å². The summed E-state index contributed by atoms with van der Waals surface area (Å²) in [5.41, 5.74) is 7.00. The van der Waals surface area contributed by atoms with Crippen LogP contribution in [0.1, 0.15) is 38.2 Å². The van der Waals surface area contributed by atoms with Crippen molar-refractivity contribution in [3.8, 4) is 0 Å². The predicted octanol–water partition coefficient (Wildman–Crippen LogP) is 3.98. The number of halogens is 3. The highest BCUT2D eigenvalue weighted by Crippen LogP contribution is 2.27. The lowest BCUT2D eigenvalue weighted by molar-refractivity contribution is -0.122. The molecule has 0 spiro atoms. The molecular formula is C16H23Cl3N2O. The van der Waals surface area contributed by atoms with E-state index in [9.17, 15) is 4.79 Å². The molecular weight excluding hydrogens is 343 g/mol.